The van der Waals surface area contributed by atoms with Gasteiger partial charge in [-0.25, -0.2) is 16.8 Å². The molecule has 0 fully saturated rings. The molecule has 0 heterocycles. The summed E-state index contributed by atoms with van der Waals surface area (Å²) in [5.74, 6) is 8.00. The van der Waals surface area contributed by atoms with Crippen molar-refractivity contribution in [1.29, 1.82) is 0 Å². The molecule has 8 nitrogen and oxygen atoms in total. The minimum absolute atomic E-state index is 0.358. The normalized spacial score (nSPS) is 12.1. The minimum Gasteiger partial charge on any atom is -0.274 e. The number of hydrazine groups is 1. The van der Waals surface area contributed by atoms with E-state index in [0.717, 1.165) is 52.6 Å². The molecule has 4 N–H and O–H groups in total. The fraction of sp³-hybridized carbons (Fsp3) is 0.586. The van der Waals surface area contributed by atoms with Crippen LogP contribution in [0.25, 0.3) is 0 Å². The van der Waals surface area contributed by atoms with Gasteiger partial charge in [-0.05, 0) is 83.1 Å². The van der Waals surface area contributed by atoms with Crippen molar-refractivity contribution in [1.82, 2.24) is 8.61 Å². The third kappa shape index (κ3) is 9.09. The first-order valence-electron chi connectivity index (χ1n) is 13.8. The highest BCUT2D eigenvalue weighted by Crippen LogP contribution is 2.27. The summed E-state index contributed by atoms with van der Waals surface area (Å²) in [5, 5.41) is 0. The summed E-state index contributed by atoms with van der Waals surface area (Å²) < 4.78 is 57.5. The summed E-state index contributed by atoms with van der Waals surface area (Å²) in [6.07, 6.45) is 3.96. The standard InChI is InChI=1S/C29H46N2O4S2.H4N2/c1-9-11-12-16-31(37(34,35)29-26(7)20-23(4)21-27(29)8)17-14-13-15-30(10-2)36(32,33)28-24(5)18-22(3)19-25(28)6;1-2/h18-21H,9-17H2,1-8H3;1-2H2. The maximum atomic E-state index is 13.7. The van der Waals surface area contributed by atoms with Gasteiger partial charge in [0.1, 0.15) is 0 Å². The van der Waals surface area contributed by atoms with Gasteiger partial charge in [0.15, 0.2) is 0 Å². The van der Waals surface area contributed by atoms with Crippen molar-refractivity contribution < 1.29 is 16.8 Å². The van der Waals surface area contributed by atoms with Crippen LogP contribution < -0.4 is 11.7 Å². The van der Waals surface area contributed by atoms with Crippen molar-refractivity contribution in [3.05, 3.63) is 57.6 Å². The van der Waals surface area contributed by atoms with Crippen LogP contribution in [-0.2, 0) is 20.0 Å². The Morgan fingerprint density at radius 1 is 0.564 bits per heavy atom. The van der Waals surface area contributed by atoms with Crippen molar-refractivity contribution >= 4 is 20.0 Å². The van der Waals surface area contributed by atoms with E-state index in [1.54, 1.807) is 4.31 Å². The second kappa shape index (κ2) is 15.8. The summed E-state index contributed by atoms with van der Waals surface area (Å²) in [4.78, 5) is 0.784. The van der Waals surface area contributed by atoms with Gasteiger partial charge in [0.2, 0.25) is 20.0 Å². The summed E-state index contributed by atoms with van der Waals surface area (Å²) in [7, 11) is -7.28. The van der Waals surface area contributed by atoms with Gasteiger partial charge in [-0.2, -0.15) is 8.61 Å². The number of hydrogen-bond acceptors (Lipinski definition) is 6. The van der Waals surface area contributed by atoms with E-state index in [-0.39, 0.29) is 0 Å². The molecule has 0 aliphatic heterocycles. The van der Waals surface area contributed by atoms with Crippen LogP contribution in [0.3, 0.4) is 0 Å². The predicted octanol–water partition coefficient (Wildman–Crippen LogP) is 5.03. The Morgan fingerprint density at radius 3 is 1.21 bits per heavy atom. The molecule has 10 heteroatoms. The van der Waals surface area contributed by atoms with Crippen molar-refractivity contribution in [2.75, 3.05) is 26.2 Å². The van der Waals surface area contributed by atoms with Gasteiger partial charge in [0, 0.05) is 26.2 Å². The van der Waals surface area contributed by atoms with Crippen LogP contribution in [0.4, 0.5) is 0 Å². The molecule has 0 amide bonds. The molecule has 0 bridgehead atoms. The number of rotatable bonds is 14. The fourth-order valence-electron chi connectivity index (χ4n) is 5.32. The number of sulfonamides is 2. The highest BCUT2D eigenvalue weighted by molar-refractivity contribution is 7.89. The zero-order chi connectivity index (χ0) is 30.0. The van der Waals surface area contributed by atoms with Gasteiger partial charge < -0.3 is 0 Å². The lowest BCUT2D eigenvalue weighted by Crippen LogP contribution is -2.35. The second-order valence-electron chi connectivity index (χ2n) is 10.3. The molecule has 0 aromatic heterocycles. The van der Waals surface area contributed by atoms with E-state index in [4.69, 9.17) is 0 Å². The number of aryl methyl sites for hydroxylation is 6. The van der Waals surface area contributed by atoms with E-state index in [9.17, 15) is 16.8 Å². The van der Waals surface area contributed by atoms with Gasteiger partial charge in [0.25, 0.3) is 0 Å². The van der Waals surface area contributed by atoms with E-state index in [0.29, 0.717) is 48.8 Å². The van der Waals surface area contributed by atoms with Gasteiger partial charge in [-0.3, -0.25) is 11.7 Å². The zero-order valence-corrected chi connectivity index (χ0v) is 26.8. The van der Waals surface area contributed by atoms with E-state index in [1.807, 2.05) is 72.7 Å². The smallest absolute Gasteiger partial charge is 0.243 e. The topological polar surface area (TPSA) is 127 Å². The molecule has 222 valence electrons. The molecular formula is C29H50N4O4S2. The van der Waals surface area contributed by atoms with Crippen molar-refractivity contribution in [2.24, 2.45) is 11.7 Å². The molecule has 0 unspecified atom stereocenters. The third-order valence-corrected chi connectivity index (χ3v) is 11.3. The molecule has 0 saturated carbocycles. The first-order valence-corrected chi connectivity index (χ1v) is 16.6. The Kier molecular flexibility index (Phi) is 14.3. The van der Waals surface area contributed by atoms with Gasteiger partial charge in [-0.15, -0.1) is 0 Å². The second-order valence-corrected chi connectivity index (χ2v) is 14.0. The number of nitrogens with zero attached hydrogens (tertiary/aromatic N) is 2. The van der Waals surface area contributed by atoms with Gasteiger partial charge in [-0.1, -0.05) is 62.1 Å². The lowest BCUT2D eigenvalue weighted by molar-refractivity contribution is 0.368. The first-order chi connectivity index (χ1) is 18.3. The Morgan fingerprint density at radius 2 is 0.872 bits per heavy atom. The lowest BCUT2D eigenvalue weighted by atomic mass is 10.1. The number of benzene rings is 2. The molecule has 0 radical (unpaired) electrons. The average Bonchev–Trinajstić information content (AvgIpc) is 2.82. The van der Waals surface area contributed by atoms with Crippen LogP contribution >= 0.6 is 0 Å². The molecular weight excluding hydrogens is 532 g/mol. The first kappa shape index (κ1) is 35.2. The molecule has 39 heavy (non-hydrogen) atoms. The average molecular weight is 583 g/mol. The SMILES string of the molecule is CCCCCN(CCCCN(CC)S(=O)(=O)c1c(C)cc(C)cc1C)S(=O)(=O)c1c(C)cc(C)cc1C.NN. The van der Waals surface area contributed by atoms with E-state index in [1.165, 1.54) is 4.31 Å². The predicted molar refractivity (Wildman–Crippen MR) is 162 cm³/mol. The molecule has 2 rings (SSSR count). The number of nitrogens with two attached hydrogens (primary N) is 2. The Labute approximate surface area is 237 Å². The zero-order valence-electron chi connectivity index (χ0n) is 25.2. The van der Waals surface area contributed by atoms with E-state index >= 15 is 0 Å². The summed E-state index contributed by atoms with van der Waals surface area (Å²) in [6, 6.07) is 7.65. The largest absolute Gasteiger partial charge is 0.274 e. The summed E-state index contributed by atoms with van der Waals surface area (Å²) in [6.45, 7) is 16.9. The summed E-state index contributed by atoms with van der Waals surface area (Å²) in [5.41, 5.74) is 5.14. The maximum Gasteiger partial charge on any atom is 0.243 e. The fourth-order valence-corrected chi connectivity index (χ4v) is 9.15. The molecule has 0 aliphatic rings. The van der Waals surface area contributed by atoms with Gasteiger partial charge in [0.05, 0.1) is 9.79 Å². The monoisotopic (exact) mass is 582 g/mol. The van der Waals surface area contributed by atoms with E-state index < -0.39 is 20.0 Å². The van der Waals surface area contributed by atoms with Crippen LogP contribution in [-0.4, -0.2) is 51.6 Å². The van der Waals surface area contributed by atoms with Crippen LogP contribution in [0.2, 0.25) is 0 Å². The van der Waals surface area contributed by atoms with Crippen molar-refractivity contribution in [3.8, 4) is 0 Å². The highest BCUT2D eigenvalue weighted by Gasteiger charge is 2.29. The van der Waals surface area contributed by atoms with Gasteiger partial charge >= 0.3 is 0 Å². The molecule has 2 aromatic rings. The molecule has 0 spiro atoms. The quantitative estimate of drug-likeness (QED) is 0.183. The molecule has 0 atom stereocenters. The lowest BCUT2D eigenvalue weighted by Gasteiger charge is -2.26. The Balaban J connectivity index is 0.00000371. The minimum atomic E-state index is -3.65. The molecule has 0 saturated heterocycles. The Hall–Kier alpha value is -1.82. The maximum absolute atomic E-state index is 13.7. The van der Waals surface area contributed by atoms with Crippen LogP contribution in [0.5, 0.6) is 0 Å². The van der Waals surface area contributed by atoms with Crippen LogP contribution in [0.1, 0.15) is 79.3 Å². The van der Waals surface area contributed by atoms with Crippen molar-refractivity contribution in [3.63, 3.8) is 0 Å². The Bertz CT molecular complexity index is 1250. The number of hydrogen-bond donors (Lipinski definition) is 2. The molecule has 2 aromatic carbocycles. The van der Waals surface area contributed by atoms with E-state index in [2.05, 4.69) is 18.6 Å². The van der Waals surface area contributed by atoms with Crippen LogP contribution in [0.15, 0.2) is 34.1 Å². The van der Waals surface area contributed by atoms with Crippen molar-refractivity contribution in [2.45, 2.75) is 97.3 Å². The van der Waals surface area contributed by atoms with Crippen LogP contribution in [0, 0.1) is 41.5 Å². The third-order valence-electron chi connectivity index (χ3n) is 6.83. The summed E-state index contributed by atoms with van der Waals surface area (Å²) >= 11 is 0. The highest BCUT2D eigenvalue weighted by atomic mass is 32.2. The molecule has 0 aliphatic carbocycles. The number of unbranched alkanes of at least 4 members (excludes halogenated alkanes) is 3.